The van der Waals surface area contributed by atoms with E-state index in [9.17, 15) is 0 Å². The maximum absolute atomic E-state index is 4.32. The van der Waals surface area contributed by atoms with E-state index in [1.807, 2.05) is 75.2 Å². The number of azo groups is 1. The van der Waals surface area contributed by atoms with E-state index < -0.39 is 0 Å². The first-order chi connectivity index (χ1) is 9.08. The van der Waals surface area contributed by atoms with E-state index in [2.05, 4.69) is 15.1 Å². The first-order valence-corrected chi connectivity index (χ1v) is 6.22. The number of hydrogen-bond donors (Lipinski definition) is 0. The standard InChI is InChI=1S/C15H19N4.CH4/c1-12-6-5-11-19(4)15(12)17-16-13-7-9-14(10-8-13)18(2)3;/h5-11H,1-4H3;1H4/q+1;. The summed E-state index contributed by atoms with van der Waals surface area (Å²) in [6, 6.07) is 12.0. The molecule has 20 heavy (non-hydrogen) atoms. The summed E-state index contributed by atoms with van der Waals surface area (Å²) in [6.45, 7) is 2.03. The Bertz CT molecular complexity index is 566. The Hall–Kier alpha value is -2.23. The molecular weight excluding hydrogens is 248 g/mol. The van der Waals surface area contributed by atoms with Gasteiger partial charge in [-0.3, -0.25) is 0 Å². The van der Waals surface area contributed by atoms with Gasteiger partial charge in [0.25, 0.3) is 0 Å². The first-order valence-electron chi connectivity index (χ1n) is 6.22. The van der Waals surface area contributed by atoms with Crippen LogP contribution in [-0.4, -0.2) is 14.1 Å². The molecule has 0 N–H and O–H groups in total. The van der Waals surface area contributed by atoms with E-state index in [1.165, 1.54) is 0 Å². The van der Waals surface area contributed by atoms with E-state index >= 15 is 0 Å². The number of nitrogens with zero attached hydrogens (tertiary/aromatic N) is 4. The second kappa shape index (κ2) is 6.80. The quantitative estimate of drug-likeness (QED) is 0.614. The Labute approximate surface area is 121 Å². The molecule has 0 bridgehead atoms. The Kier molecular flexibility index (Phi) is 5.38. The highest BCUT2D eigenvalue weighted by Gasteiger charge is 2.09. The van der Waals surface area contributed by atoms with Crippen molar-refractivity contribution in [2.75, 3.05) is 19.0 Å². The minimum atomic E-state index is 0. The zero-order chi connectivity index (χ0) is 13.8. The van der Waals surface area contributed by atoms with Gasteiger partial charge in [-0.2, -0.15) is 0 Å². The van der Waals surface area contributed by atoms with E-state index in [0.717, 1.165) is 22.8 Å². The van der Waals surface area contributed by atoms with Gasteiger partial charge in [-0.1, -0.05) is 7.43 Å². The molecule has 2 rings (SSSR count). The molecule has 1 aromatic heterocycles. The number of aryl methyl sites for hydroxylation is 2. The highest BCUT2D eigenvalue weighted by atomic mass is 15.2. The molecule has 4 nitrogen and oxygen atoms in total. The first kappa shape index (κ1) is 15.8. The smallest absolute Gasteiger partial charge is 0.353 e. The minimum absolute atomic E-state index is 0. The normalized spacial score (nSPS) is 10.4. The van der Waals surface area contributed by atoms with Crippen LogP contribution in [0.2, 0.25) is 0 Å². The van der Waals surface area contributed by atoms with Crippen LogP contribution in [0, 0.1) is 6.92 Å². The third kappa shape index (κ3) is 3.63. The molecule has 0 unspecified atom stereocenters. The molecule has 0 aliphatic rings. The van der Waals surface area contributed by atoms with Crippen molar-refractivity contribution < 1.29 is 4.57 Å². The number of rotatable bonds is 3. The number of hydrogen-bond acceptors (Lipinski definition) is 3. The van der Waals surface area contributed by atoms with E-state index in [4.69, 9.17) is 0 Å². The van der Waals surface area contributed by atoms with Gasteiger partial charge in [0.15, 0.2) is 0 Å². The van der Waals surface area contributed by atoms with Crippen molar-refractivity contribution in [3.63, 3.8) is 0 Å². The minimum Gasteiger partial charge on any atom is -0.378 e. The summed E-state index contributed by atoms with van der Waals surface area (Å²) in [5, 5.41) is 8.61. The molecule has 106 valence electrons. The summed E-state index contributed by atoms with van der Waals surface area (Å²) in [6.07, 6.45) is 1.97. The van der Waals surface area contributed by atoms with Gasteiger partial charge in [-0.05, 0) is 48.4 Å². The zero-order valence-electron chi connectivity index (χ0n) is 11.8. The third-order valence-corrected chi connectivity index (χ3v) is 2.97. The van der Waals surface area contributed by atoms with Crippen molar-refractivity contribution in [1.82, 2.24) is 0 Å². The average molecular weight is 271 g/mol. The number of aromatic nitrogens is 1. The van der Waals surface area contributed by atoms with Crippen LogP contribution in [0.15, 0.2) is 52.8 Å². The summed E-state index contributed by atoms with van der Waals surface area (Å²) in [4.78, 5) is 2.06. The van der Waals surface area contributed by atoms with Crippen LogP contribution < -0.4 is 9.47 Å². The Morgan fingerprint density at radius 3 is 2.20 bits per heavy atom. The zero-order valence-corrected chi connectivity index (χ0v) is 11.8. The fourth-order valence-electron chi connectivity index (χ4n) is 1.81. The Balaban J connectivity index is 0.00000200. The molecule has 1 aromatic carbocycles. The monoisotopic (exact) mass is 271 g/mol. The van der Waals surface area contributed by atoms with Gasteiger partial charge in [0.05, 0.1) is 18.4 Å². The third-order valence-electron chi connectivity index (χ3n) is 2.97. The van der Waals surface area contributed by atoms with Gasteiger partial charge in [0.2, 0.25) is 0 Å². The Morgan fingerprint density at radius 2 is 1.65 bits per heavy atom. The van der Waals surface area contributed by atoms with Crippen LogP contribution in [0.3, 0.4) is 0 Å². The van der Waals surface area contributed by atoms with Crippen LogP contribution in [0.5, 0.6) is 0 Å². The topological polar surface area (TPSA) is 31.8 Å². The van der Waals surface area contributed by atoms with Crippen molar-refractivity contribution in [3.05, 3.63) is 48.2 Å². The molecule has 0 atom stereocenters. The summed E-state index contributed by atoms with van der Waals surface area (Å²) < 4.78 is 1.97. The molecule has 2 aromatic rings. The average Bonchev–Trinajstić information content (AvgIpc) is 2.38. The second-order valence-electron chi connectivity index (χ2n) is 4.74. The van der Waals surface area contributed by atoms with Gasteiger partial charge in [0, 0.05) is 25.3 Å². The molecule has 0 aliphatic heterocycles. The largest absolute Gasteiger partial charge is 0.378 e. The lowest BCUT2D eigenvalue weighted by Gasteiger charge is -2.11. The predicted octanol–water partition coefficient (Wildman–Crippen LogP) is 3.94. The van der Waals surface area contributed by atoms with Crippen molar-refractivity contribution >= 4 is 17.2 Å². The molecule has 0 saturated carbocycles. The summed E-state index contributed by atoms with van der Waals surface area (Å²) >= 11 is 0. The van der Waals surface area contributed by atoms with Gasteiger partial charge in [0.1, 0.15) is 5.69 Å². The molecule has 0 spiro atoms. The van der Waals surface area contributed by atoms with Crippen LogP contribution in [-0.2, 0) is 7.05 Å². The summed E-state index contributed by atoms with van der Waals surface area (Å²) in [7, 11) is 6.00. The van der Waals surface area contributed by atoms with Crippen LogP contribution in [0.1, 0.15) is 13.0 Å². The predicted molar refractivity (Wildman–Crippen MR) is 84.0 cm³/mol. The molecule has 0 fully saturated rings. The summed E-state index contributed by atoms with van der Waals surface area (Å²) in [5.74, 6) is 0.874. The van der Waals surface area contributed by atoms with Gasteiger partial charge < -0.3 is 4.90 Å². The van der Waals surface area contributed by atoms with Crippen molar-refractivity contribution in [3.8, 4) is 0 Å². The van der Waals surface area contributed by atoms with Crippen LogP contribution >= 0.6 is 0 Å². The molecule has 1 heterocycles. The molecule has 0 aliphatic carbocycles. The number of pyridine rings is 1. The van der Waals surface area contributed by atoms with Crippen molar-refractivity contribution in [2.45, 2.75) is 14.4 Å². The SMILES string of the molecule is C.Cc1ccc[n+](C)c1N=Nc1ccc(N(C)C)cc1. The second-order valence-corrected chi connectivity index (χ2v) is 4.74. The lowest BCUT2D eigenvalue weighted by Crippen LogP contribution is -2.27. The molecule has 4 heteroatoms. The van der Waals surface area contributed by atoms with E-state index in [0.29, 0.717) is 0 Å². The van der Waals surface area contributed by atoms with Crippen LogP contribution in [0.4, 0.5) is 17.2 Å². The van der Waals surface area contributed by atoms with E-state index in [-0.39, 0.29) is 7.43 Å². The van der Waals surface area contributed by atoms with Gasteiger partial charge >= 0.3 is 5.82 Å². The lowest BCUT2D eigenvalue weighted by molar-refractivity contribution is -0.658. The number of benzene rings is 1. The lowest BCUT2D eigenvalue weighted by atomic mass is 10.3. The highest BCUT2D eigenvalue weighted by Crippen LogP contribution is 2.21. The molecule has 0 amide bonds. The van der Waals surface area contributed by atoms with Crippen molar-refractivity contribution in [1.29, 1.82) is 0 Å². The van der Waals surface area contributed by atoms with Crippen molar-refractivity contribution in [2.24, 2.45) is 17.3 Å². The molecule has 0 radical (unpaired) electrons. The molecule has 0 saturated heterocycles. The fourth-order valence-corrected chi connectivity index (χ4v) is 1.81. The van der Waals surface area contributed by atoms with Crippen LogP contribution in [0.25, 0.3) is 0 Å². The maximum atomic E-state index is 4.32. The summed E-state index contributed by atoms with van der Waals surface area (Å²) in [5.41, 5.74) is 3.12. The van der Waals surface area contributed by atoms with Gasteiger partial charge in [-0.15, -0.1) is 0 Å². The maximum Gasteiger partial charge on any atom is 0.353 e. The molecular formula is C16H23N4+. The van der Waals surface area contributed by atoms with Gasteiger partial charge in [-0.25, -0.2) is 4.57 Å². The Morgan fingerprint density at radius 1 is 1.00 bits per heavy atom. The fraction of sp³-hybridized carbons (Fsp3) is 0.312. The van der Waals surface area contributed by atoms with E-state index in [1.54, 1.807) is 0 Å². The highest BCUT2D eigenvalue weighted by molar-refractivity contribution is 5.51. The number of anilines is 1.